The summed E-state index contributed by atoms with van der Waals surface area (Å²) in [6.07, 6.45) is -1.12. The van der Waals surface area contributed by atoms with Gasteiger partial charge in [0.15, 0.2) is 12.2 Å². The van der Waals surface area contributed by atoms with Crippen LogP contribution in [0.4, 0.5) is 11.7 Å². The molecule has 246 valence electrons. The van der Waals surface area contributed by atoms with E-state index in [1.54, 1.807) is 27.0 Å². The van der Waals surface area contributed by atoms with Crippen LogP contribution < -0.4 is 15.4 Å². The van der Waals surface area contributed by atoms with Gasteiger partial charge >= 0.3 is 0 Å². The largest absolute Gasteiger partial charge is 0.483 e. The smallest absolute Gasteiger partial charge is 0.295 e. The second-order valence-corrected chi connectivity index (χ2v) is 13.3. The molecule has 13 nitrogen and oxygen atoms in total. The molecule has 0 saturated heterocycles. The fourth-order valence-corrected chi connectivity index (χ4v) is 7.00. The highest BCUT2D eigenvalue weighted by Gasteiger charge is 2.37. The fourth-order valence-electron chi connectivity index (χ4n) is 5.17. The van der Waals surface area contributed by atoms with Crippen LogP contribution in [0.1, 0.15) is 30.5 Å². The Bertz CT molecular complexity index is 1770. The van der Waals surface area contributed by atoms with E-state index in [9.17, 15) is 28.4 Å². The van der Waals surface area contributed by atoms with Crippen molar-refractivity contribution in [2.24, 2.45) is 5.92 Å². The van der Waals surface area contributed by atoms with Gasteiger partial charge in [0.25, 0.3) is 17.6 Å². The number of amides is 1. The number of hydrogen-bond acceptors (Lipinski definition) is 10. The van der Waals surface area contributed by atoms with E-state index in [2.05, 4.69) is 15.6 Å². The number of aliphatic hydroxyl groups is 1. The number of sulfonamides is 1. The molecule has 1 amide bonds. The predicted molar refractivity (Wildman–Crippen MR) is 173 cm³/mol. The van der Waals surface area contributed by atoms with Gasteiger partial charge in [-0.3, -0.25) is 14.9 Å². The number of carbonyl (C=O) groups is 1. The van der Waals surface area contributed by atoms with E-state index in [1.807, 2.05) is 44.2 Å². The molecule has 0 bridgehead atoms. The number of anilines is 1. The molecule has 0 saturated carbocycles. The zero-order valence-corrected chi connectivity index (χ0v) is 27.2. The molecule has 4 rings (SSSR count). The molecule has 2 unspecified atom stereocenters. The van der Waals surface area contributed by atoms with Crippen molar-refractivity contribution >= 4 is 38.7 Å². The molecule has 14 heteroatoms. The molecule has 3 N–H and O–H groups in total. The van der Waals surface area contributed by atoms with Gasteiger partial charge in [-0.05, 0) is 55.0 Å². The first kappa shape index (κ1) is 34.3. The van der Waals surface area contributed by atoms with Gasteiger partial charge in [0, 0.05) is 38.3 Å². The Morgan fingerprint density at radius 1 is 1.11 bits per heavy atom. The normalized spacial score (nSPS) is 13.1. The van der Waals surface area contributed by atoms with Crippen molar-refractivity contribution in [3.8, 4) is 5.75 Å². The van der Waals surface area contributed by atoms with Gasteiger partial charge in [-0.25, -0.2) is 8.42 Å². The molecule has 0 spiro atoms. The van der Waals surface area contributed by atoms with Crippen molar-refractivity contribution in [3.05, 3.63) is 87.5 Å². The van der Waals surface area contributed by atoms with Gasteiger partial charge < -0.3 is 24.9 Å². The van der Waals surface area contributed by atoms with Crippen LogP contribution in [-0.4, -0.2) is 72.5 Å². The van der Waals surface area contributed by atoms with Crippen LogP contribution >= 0.6 is 0 Å². The van der Waals surface area contributed by atoms with Gasteiger partial charge in [-0.15, -0.1) is 0 Å². The molecular weight excluding hydrogens is 614 g/mol. The number of nitro groups is 1. The summed E-state index contributed by atoms with van der Waals surface area (Å²) in [5.41, 5.74) is 2.51. The number of non-ortho nitro benzene ring substituents is 1. The van der Waals surface area contributed by atoms with Gasteiger partial charge in [0.2, 0.25) is 10.0 Å². The van der Waals surface area contributed by atoms with Crippen molar-refractivity contribution in [2.75, 3.05) is 32.1 Å². The lowest BCUT2D eigenvalue weighted by molar-refractivity contribution is -0.385. The van der Waals surface area contributed by atoms with Gasteiger partial charge in [-0.2, -0.15) is 9.29 Å². The molecule has 2 atom stereocenters. The number of aryl methyl sites for hydroxylation is 2. The van der Waals surface area contributed by atoms with Crippen LogP contribution in [0, 0.1) is 29.9 Å². The van der Waals surface area contributed by atoms with Crippen LogP contribution in [0.15, 0.2) is 70.0 Å². The lowest BCUT2D eigenvalue weighted by Crippen LogP contribution is -2.53. The van der Waals surface area contributed by atoms with Crippen LogP contribution in [0.3, 0.4) is 0 Å². The summed E-state index contributed by atoms with van der Waals surface area (Å²) in [6.45, 7) is 6.50. The second kappa shape index (κ2) is 14.7. The van der Waals surface area contributed by atoms with E-state index in [1.165, 1.54) is 28.6 Å². The van der Waals surface area contributed by atoms with Crippen molar-refractivity contribution in [2.45, 2.75) is 51.2 Å². The molecule has 4 aromatic rings. The Morgan fingerprint density at radius 2 is 1.78 bits per heavy atom. The molecule has 0 radical (unpaired) electrons. The van der Waals surface area contributed by atoms with E-state index in [0.29, 0.717) is 28.0 Å². The number of nitrogens with one attached hydrogen (secondary N) is 2. The topological polar surface area (TPSA) is 177 Å². The number of oxazole rings is 1. The van der Waals surface area contributed by atoms with Gasteiger partial charge in [0.1, 0.15) is 11.3 Å². The number of carbonyl (C=O) groups excluding carboxylic acids is 1. The average molecular weight is 654 g/mol. The van der Waals surface area contributed by atoms with Gasteiger partial charge in [-0.1, -0.05) is 44.2 Å². The summed E-state index contributed by atoms with van der Waals surface area (Å²) in [5.74, 6) is -0.298. The second-order valence-electron chi connectivity index (χ2n) is 11.5. The quantitative estimate of drug-likeness (QED) is 0.124. The third kappa shape index (κ3) is 8.19. The lowest BCUT2D eigenvalue weighted by Gasteiger charge is -2.35. The third-order valence-electron chi connectivity index (χ3n) is 7.34. The minimum absolute atomic E-state index is 0.0176. The lowest BCUT2D eigenvalue weighted by atomic mass is 10.00. The van der Waals surface area contributed by atoms with Crippen LogP contribution in [0.25, 0.3) is 11.1 Å². The van der Waals surface area contributed by atoms with E-state index in [-0.39, 0.29) is 42.0 Å². The molecule has 46 heavy (non-hydrogen) atoms. The molecule has 0 aliphatic carbocycles. The average Bonchev–Trinajstić information content (AvgIpc) is 3.44. The maximum atomic E-state index is 14.2. The molecule has 1 heterocycles. The number of nitro benzene ring substituents is 1. The van der Waals surface area contributed by atoms with Crippen molar-refractivity contribution < 1.29 is 32.4 Å². The van der Waals surface area contributed by atoms with Crippen LogP contribution in [0.5, 0.6) is 5.75 Å². The minimum atomic E-state index is -4.17. The first-order chi connectivity index (χ1) is 21.8. The summed E-state index contributed by atoms with van der Waals surface area (Å²) < 4.78 is 41.1. The predicted octanol–water partition coefficient (Wildman–Crippen LogP) is 4.21. The van der Waals surface area contributed by atoms with E-state index in [0.717, 1.165) is 5.56 Å². The van der Waals surface area contributed by atoms with Crippen molar-refractivity contribution in [3.63, 3.8) is 0 Å². The summed E-state index contributed by atoms with van der Waals surface area (Å²) >= 11 is 0. The number of rotatable bonds is 15. The SMILES string of the molecule is CNc1nc2ccc(S(=O)(=O)N(CC(C)C)C(Cc3ccccc3)C(O)CNC(=O)COc3c(C)cc([N+](=O)[O-])cc3C)cc2o1. The van der Waals surface area contributed by atoms with E-state index in [4.69, 9.17) is 9.15 Å². The van der Waals surface area contributed by atoms with Crippen molar-refractivity contribution in [1.29, 1.82) is 0 Å². The molecule has 0 aliphatic heterocycles. The number of hydrogen-bond donors (Lipinski definition) is 3. The zero-order chi connectivity index (χ0) is 33.6. The third-order valence-corrected chi connectivity index (χ3v) is 9.23. The minimum Gasteiger partial charge on any atom is -0.483 e. The molecular formula is C32H39N5O8S. The summed E-state index contributed by atoms with van der Waals surface area (Å²) in [4.78, 5) is 27.7. The molecule has 0 aliphatic rings. The van der Waals surface area contributed by atoms with E-state index < -0.39 is 39.6 Å². The Hall–Kier alpha value is -4.53. The maximum Gasteiger partial charge on any atom is 0.295 e. The zero-order valence-electron chi connectivity index (χ0n) is 26.4. The molecule has 1 aromatic heterocycles. The Kier molecular flexibility index (Phi) is 11.0. The highest BCUT2D eigenvalue weighted by atomic mass is 32.2. The summed E-state index contributed by atoms with van der Waals surface area (Å²) in [5, 5.41) is 28.1. The summed E-state index contributed by atoms with van der Waals surface area (Å²) in [6, 6.07) is 15.7. The number of nitrogens with zero attached hydrogens (tertiary/aromatic N) is 3. The number of benzene rings is 3. The van der Waals surface area contributed by atoms with E-state index >= 15 is 0 Å². The highest BCUT2D eigenvalue weighted by Crippen LogP contribution is 2.29. The first-order valence-electron chi connectivity index (χ1n) is 14.8. The monoisotopic (exact) mass is 653 g/mol. The Balaban J connectivity index is 1.57. The highest BCUT2D eigenvalue weighted by molar-refractivity contribution is 7.89. The number of aliphatic hydroxyl groups excluding tert-OH is 1. The summed E-state index contributed by atoms with van der Waals surface area (Å²) in [7, 11) is -2.53. The van der Waals surface area contributed by atoms with Crippen molar-refractivity contribution in [1.82, 2.24) is 14.6 Å². The standard InChI is InChI=1S/C32H39N5O8S/c1-20(2)18-36(46(42,43)25-11-12-26-29(16-25)45-32(33-5)35-26)27(15-23-9-7-6-8-10-23)28(38)17-34-30(39)19-44-31-21(3)13-24(37(40)41)14-22(31)4/h6-14,16,20,27-28,38H,15,17-19H2,1-5H3,(H,33,35)(H,34,39). The number of ether oxygens (including phenoxy) is 1. The molecule has 0 fully saturated rings. The Labute approximate surface area is 267 Å². The number of aromatic nitrogens is 1. The Morgan fingerprint density at radius 3 is 2.39 bits per heavy atom. The van der Waals surface area contributed by atoms with Crippen LogP contribution in [-0.2, 0) is 21.2 Å². The maximum absolute atomic E-state index is 14.2. The first-order valence-corrected chi connectivity index (χ1v) is 16.2. The fraction of sp³-hybridized carbons (Fsp3) is 0.375. The van der Waals surface area contributed by atoms with Gasteiger partial charge in [0.05, 0.1) is 22.0 Å². The molecule has 3 aromatic carbocycles. The van der Waals surface area contributed by atoms with Crippen LogP contribution in [0.2, 0.25) is 0 Å². The number of fused-ring (bicyclic) bond motifs is 1.